The number of hydrogen-bond donors (Lipinski definition) is 1. The molecule has 0 heterocycles. The highest BCUT2D eigenvalue weighted by Gasteiger charge is 2.28. The number of rotatable bonds is 0. The second-order valence-corrected chi connectivity index (χ2v) is 4.38. The summed E-state index contributed by atoms with van der Waals surface area (Å²) in [6.45, 7) is 3.64. The molecule has 2 atom stereocenters. The van der Waals surface area contributed by atoms with Gasteiger partial charge in [0.25, 0.3) is 0 Å². The van der Waals surface area contributed by atoms with Crippen LogP contribution in [0.4, 0.5) is 8.78 Å². The Kier molecular flexibility index (Phi) is 2.51. The van der Waals surface area contributed by atoms with Gasteiger partial charge in [-0.25, -0.2) is 8.78 Å². The average molecular weight is 211 g/mol. The summed E-state index contributed by atoms with van der Waals surface area (Å²) in [6.07, 6.45) is 1.67. The molecule has 0 radical (unpaired) electrons. The molecular weight excluding hydrogens is 196 g/mol. The van der Waals surface area contributed by atoms with E-state index >= 15 is 0 Å². The van der Waals surface area contributed by atoms with Gasteiger partial charge in [-0.15, -0.1) is 0 Å². The van der Waals surface area contributed by atoms with Crippen LogP contribution in [-0.4, -0.2) is 0 Å². The zero-order chi connectivity index (χ0) is 11.2. The highest BCUT2D eigenvalue weighted by Crippen LogP contribution is 2.39. The molecule has 0 amide bonds. The van der Waals surface area contributed by atoms with E-state index in [9.17, 15) is 8.78 Å². The fourth-order valence-corrected chi connectivity index (χ4v) is 2.45. The highest BCUT2D eigenvalue weighted by atomic mass is 19.1. The van der Waals surface area contributed by atoms with Crippen molar-refractivity contribution in [2.24, 2.45) is 5.73 Å². The monoisotopic (exact) mass is 211 g/mol. The minimum absolute atomic E-state index is 0.138. The van der Waals surface area contributed by atoms with Crippen molar-refractivity contribution in [3.05, 3.63) is 34.4 Å². The number of fused-ring (bicyclic) bond motifs is 1. The predicted molar refractivity (Wildman–Crippen MR) is 55.7 cm³/mol. The third kappa shape index (κ3) is 1.55. The van der Waals surface area contributed by atoms with Gasteiger partial charge in [0.1, 0.15) is 11.6 Å². The Hall–Kier alpha value is -0.960. The van der Waals surface area contributed by atoms with Crippen molar-refractivity contribution in [2.75, 3.05) is 0 Å². The second kappa shape index (κ2) is 3.56. The summed E-state index contributed by atoms with van der Waals surface area (Å²) in [5.41, 5.74) is 7.72. The van der Waals surface area contributed by atoms with Gasteiger partial charge in [-0.05, 0) is 42.4 Å². The van der Waals surface area contributed by atoms with Crippen LogP contribution in [0.2, 0.25) is 0 Å². The third-order valence-electron chi connectivity index (χ3n) is 3.34. The van der Waals surface area contributed by atoms with Crippen LogP contribution in [0.5, 0.6) is 0 Å². The van der Waals surface area contributed by atoms with E-state index in [2.05, 4.69) is 0 Å². The molecule has 0 saturated heterocycles. The van der Waals surface area contributed by atoms with Crippen LogP contribution in [0.3, 0.4) is 0 Å². The summed E-state index contributed by atoms with van der Waals surface area (Å²) in [6, 6.07) is 0.754. The lowest BCUT2D eigenvalue weighted by atomic mass is 9.79. The number of hydrogen-bond acceptors (Lipinski definition) is 1. The zero-order valence-electron chi connectivity index (χ0n) is 8.98. The third-order valence-corrected chi connectivity index (χ3v) is 3.34. The van der Waals surface area contributed by atoms with Gasteiger partial charge >= 0.3 is 0 Å². The van der Waals surface area contributed by atoms with Crippen LogP contribution in [0.25, 0.3) is 0 Å². The maximum absolute atomic E-state index is 13.6. The molecule has 0 aromatic heterocycles. The molecule has 1 aromatic rings. The SMILES string of the molecule is Cc1c(F)cc(F)c2c1C(N)CCC2C. The summed E-state index contributed by atoms with van der Waals surface area (Å²) >= 11 is 0. The van der Waals surface area contributed by atoms with Gasteiger partial charge in [0.2, 0.25) is 0 Å². The Morgan fingerprint density at radius 2 is 1.87 bits per heavy atom. The summed E-state index contributed by atoms with van der Waals surface area (Å²) in [5.74, 6) is -0.800. The first-order chi connectivity index (χ1) is 7.02. The Balaban J connectivity index is 2.71. The smallest absolute Gasteiger partial charge is 0.129 e. The van der Waals surface area contributed by atoms with Gasteiger partial charge in [0.15, 0.2) is 0 Å². The lowest BCUT2D eigenvalue weighted by molar-refractivity contribution is 0.469. The molecular formula is C12H15F2N. The zero-order valence-corrected chi connectivity index (χ0v) is 8.98. The first kappa shape index (κ1) is 10.6. The van der Waals surface area contributed by atoms with Gasteiger partial charge in [0.05, 0.1) is 0 Å². The maximum Gasteiger partial charge on any atom is 0.129 e. The molecule has 1 aliphatic rings. The minimum Gasteiger partial charge on any atom is -0.324 e. The Labute approximate surface area is 88.3 Å². The molecule has 3 heteroatoms. The Morgan fingerprint density at radius 1 is 1.20 bits per heavy atom. The topological polar surface area (TPSA) is 26.0 Å². The fraction of sp³-hybridized carbons (Fsp3) is 0.500. The van der Waals surface area contributed by atoms with Crippen LogP contribution in [0, 0.1) is 18.6 Å². The van der Waals surface area contributed by atoms with Crippen molar-refractivity contribution < 1.29 is 8.78 Å². The lowest BCUT2D eigenvalue weighted by Gasteiger charge is -2.29. The van der Waals surface area contributed by atoms with Crippen molar-refractivity contribution in [3.8, 4) is 0 Å². The van der Waals surface area contributed by atoms with E-state index in [1.165, 1.54) is 0 Å². The van der Waals surface area contributed by atoms with E-state index in [1.807, 2.05) is 6.92 Å². The average Bonchev–Trinajstić information content (AvgIpc) is 2.18. The molecule has 1 aromatic carbocycles. The van der Waals surface area contributed by atoms with Gasteiger partial charge in [-0.1, -0.05) is 6.92 Å². The highest BCUT2D eigenvalue weighted by molar-refractivity contribution is 5.42. The maximum atomic E-state index is 13.6. The van der Waals surface area contributed by atoms with Crippen LogP contribution in [0.1, 0.15) is 48.4 Å². The van der Waals surface area contributed by atoms with Crippen LogP contribution < -0.4 is 5.73 Å². The van der Waals surface area contributed by atoms with Gasteiger partial charge < -0.3 is 5.73 Å². The summed E-state index contributed by atoms with van der Waals surface area (Å²) in [7, 11) is 0. The summed E-state index contributed by atoms with van der Waals surface area (Å²) in [4.78, 5) is 0. The van der Waals surface area contributed by atoms with Crippen molar-refractivity contribution in [1.29, 1.82) is 0 Å². The van der Waals surface area contributed by atoms with Gasteiger partial charge in [-0.3, -0.25) is 0 Å². The quantitative estimate of drug-likeness (QED) is 0.700. The number of halogens is 2. The van der Waals surface area contributed by atoms with Crippen LogP contribution in [0.15, 0.2) is 6.07 Å². The first-order valence-electron chi connectivity index (χ1n) is 5.26. The van der Waals surface area contributed by atoms with Crippen LogP contribution >= 0.6 is 0 Å². The Morgan fingerprint density at radius 3 is 2.53 bits per heavy atom. The van der Waals surface area contributed by atoms with Gasteiger partial charge in [0, 0.05) is 12.1 Å². The molecule has 0 fully saturated rings. The predicted octanol–water partition coefficient (Wildman–Crippen LogP) is 3.17. The second-order valence-electron chi connectivity index (χ2n) is 4.38. The normalized spacial score (nSPS) is 25.1. The standard InChI is InChI=1S/C12H15F2N/c1-6-3-4-10(15)12-7(2)8(13)5-9(14)11(6)12/h5-6,10H,3-4,15H2,1-2H3. The van der Waals surface area contributed by atoms with E-state index in [0.29, 0.717) is 16.7 Å². The first-order valence-corrected chi connectivity index (χ1v) is 5.26. The van der Waals surface area contributed by atoms with Crippen LogP contribution in [-0.2, 0) is 0 Å². The largest absolute Gasteiger partial charge is 0.324 e. The fourth-order valence-electron chi connectivity index (χ4n) is 2.45. The lowest BCUT2D eigenvalue weighted by Crippen LogP contribution is -2.22. The number of nitrogens with two attached hydrogens (primary N) is 1. The van der Waals surface area contributed by atoms with E-state index < -0.39 is 11.6 Å². The molecule has 2 rings (SSSR count). The molecule has 0 aliphatic heterocycles. The molecule has 0 bridgehead atoms. The summed E-state index contributed by atoms with van der Waals surface area (Å²) < 4.78 is 27.0. The summed E-state index contributed by atoms with van der Waals surface area (Å²) in [5, 5.41) is 0. The minimum atomic E-state index is -0.490. The molecule has 0 saturated carbocycles. The van der Waals surface area contributed by atoms with Crippen molar-refractivity contribution in [1.82, 2.24) is 0 Å². The molecule has 82 valence electrons. The molecule has 1 nitrogen and oxygen atoms in total. The number of benzene rings is 1. The molecule has 2 N–H and O–H groups in total. The van der Waals surface area contributed by atoms with E-state index in [-0.39, 0.29) is 12.0 Å². The van der Waals surface area contributed by atoms with E-state index in [4.69, 9.17) is 5.73 Å². The van der Waals surface area contributed by atoms with Crippen molar-refractivity contribution >= 4 is 0 Å². The van der Waals surface area contributed by atoms with Gasteiger partial charge in [-0.2, -0.15) is 0 Å². The Bertz CT molecular complexity index is 401. The van der Waals surface area contributed by atoms with E-state index in [0.717, 1.165) is 18.9 Å². The van der Waals surface area contributed by atoms with E-state index in [1.54, 1.807) is 6.92 Å². The molecule has 15 heavy (non-hydrogen) atoms. The molecule has 1 aliphatic carbocycles. The molecule has 2 unspecified atom stereocenters. The van der Waals surface area contributed by atoms with Crippen molar-refractivity contribution in [3.63, 3.8) is 0 Å². The van der Waals surface area contributed by atoms with Crippen molar-refractivity contribution in [2.45, 2.75) is 38.6 Å². The molecule has 0 spiro atoms.